The Morgan fingerprint density at radius 1 is 1.39 bits per heavy atom. The molecule has 0 aromatic heterocycles. The minimum absolute atomic E-state index is 0.0469. The average molecular weight is 294 g/mol. The molecule has 0 saturated carbocycles. The van der Waals surface area contributed by atoms with Crippen LogP contribution in [0.2, 0.25) is 0 Å². The van der Waals surface area contributed by atoms with Gasteiger partial charge in [-0.3, -0.25) is 9.36 Å². The molecular formula is C10H13ClNO5P. The van der Waals surface area contributed by atoms with Crippen LogP contribution < -0.4 is 5.73 Å². The minimum atomic E-state index is -4.50. The number of rotatable bonds is 5. The molecular weight excluding hydrogens is 281 g/mol. The molecule has 0 aliphatic heterocycles. The Labute approximate surface area is 109 Å². The van der Waals surface area contributed by atoms with Gasteiger partial charge in [0.05, 0.1) is 0 Å². The van der Waals surface area contributed by atoms with E-state index in [9.17, 15) is 9.36 Å². The molecule has 0 heterocycles. The lowest BCUT2D eigenvalue weighted by Gasteiger charge is -2.17. The van der Waals surface area contributed by atoms with Gasteiger partial charge in [-0.25, -0.2) is 0 Å². The van der Waals surface area contributed by atoms with Crippen LogP contribution in [-0.4, -0.2) is 26.9 Å². The summed E-state index contributed by atoms with van der Waals surface area (Å²) < 4.78 is 11.1. The summed E-state index contributed by atoms with van der Waals surface area (Å²) in [6, 6.07) is 5.03. The van der Waals surface area contributed by atoms with Crippen LogP contribution in [0.25, 0.3) is 0 Å². The van der Waals surface area contributed by atoms with Crippen molar-refractivity contribution in [3.05, 3.63) is 35.4 Å². The number of halogens is 1. The zero-order valence-electron chi connectivity index (χ0n) is 9.23. The lowest BCUT2D eigenvalue weighted by molar-refractivity contribution is -0.138. The second kappa shape index (κ2) is 5.82. The summed E-state index contributed by atoms with van der Waals surface area (Å²) in [5.74, 6) is -1.19. The zero-order valence-corrected chi connectivity index (χ0v) is 10.9. The monoisotopic (exact) mass is 293 g/mol. The van der Waals surface area contributed by atoms with Gasteiger partial charge in [-0.05, 0) is 17.5 Å². The van der Waals surface area contributed by atoms with Gasteiger partial charge in [-0.1, -0.05) is 24.3 Å². The molecule has 1 rings (SSSR count). The van der Waals surface area contributed by atoms with Gasteiger partial charge in [0.25, 0.3) is 0 Å². The Hall–Kier alpha value is -0.910. The highest BCUT2D eigenvalue weighted by Gasteiger charge is 2.30. The maximum Gasteiger partial charge on any atom is 0.347 e. The van der Waals surface area contributed by atoms with Crippen LogP contribution in [0.4, 0.5) is 0 Å². The van der Waals surface area contributed by atoms with E-state index in [-0.39, 0.29) is 12.0 Å². The Morgan fingerprint density at radius 2 is 1.94 bits per heavy atom. The molecule has 0 saturated heterocycles. The van der Waals surface area contributed by atoms with Crippen LogP contribution in [0, 0.1) is 0 Å². The topological polar surface area (TPSA) is 121 Å². The number of hydrogen-bond acceptors (Lipinski definition) is 3. The van der Waals surface area contributed by atoms with E-state index in [4.69, 9.17) is 32.2 Å². The number of carboxylic acids is 1. The van der Waals surface area contributed by atoms with Crippen molar-refractivity contribution in [2.45, 2.75) is 17.6 Å². The summed E-state index contributed by atoms with van der Waals surface area (Å²) >= 11 is 5.70. The summed E-state index contributed by atoms with van der Waals surface area (Å²) in [4.78, 5) is 28.7. The van der Waals surface area contributed by atoms with Gasteiger partial charge in [0, 0.05) is 0 Å². The third-order valence-corrected chi connectivity index (χ3v) is 4.23. The van der Waals surface area contributed by atoms with Crippen LogP contribution >= 0.6 is 19.2 Å². The molecule has 1 aromatic carbocycles. The number of hydrogen-bond donors (Lipinski definition) is 4. The first kappa shape index (κ1) is 15.1. The van der Waals surface area contributed by atoms with Gasteiger partial charge in [0.1, 0.15) is 6.04 Å². The molecule has 0 aliphatic carbocycles. The van der Waals surface area contributed by atoms with Gasteiger partial charge < -0.3 is 20.6 Å². The third-order valence-electron chi connectivity index (χ3n) is 2.36. The highest BCUT2D eigenvalue weighted by atomic mass is 35.5. The molecule has 8 heteroatoms. The SMILES string of the molecule is NC(Cc1ccccc1C(Cl)P(=O)(O)O)C(=O)O. The second-order valence-electron chi connectivity index (χ2n) is 3.77. The molecule has 2 atom stereocenters. The van der Waals surface area contributed by atoms with E-state index in [2.05, 4.69) is 0 Å². The molecule has 0 bridgehead atoms. The fourth-order valence-corrected chi connectivity index (χ4v) is 2.29. The highest BCUT2D eigenvalue weighted by Crippen LogP contribution is 2.55. The average Bonchev–Trinajstić information content (AvgIpc) is 2.27. The van der Waals surface area contributed by atoms with Gasteiger partial charge in [-0.15, -0.1) is 11.6 Å². The van der Waals surface area contributed by atoms with Crippen molar-refractivity contribution in [2.75, 3.05) is 0 Å². The predicted molar refractivity (Wildman–Crippen MR) is 66.4 cm³/mol. The van der Waals surface area contributed by atoms with Crippen molar-refractivity contribution in [3.8, 4) is 0 Å². The van der Waals surface area contributed by atoms with Crippen molar-refractivity contribution >= 4 is 25.2 Å². The van der Waals surface area contributed by atoms with Crippen molar-refractivity contribution in [1.82, 2.24) is 0 Å². The number of aliphatic carboxylic acids is 1. The zero-order chi connectivity index (χ0) is 13.9. The minimum Gasteiger partial charge on any atom is -0.480 e. The van der Waals surface area contributed by atoms with Gasteiger partial charge in [-0.2, -0.15) is 0 Å². The van der Waals surface area contributed by atoms with Crippen LogP contribution in [0.15, 0.2) is 24.3 Å². The molecule has 5 N–H and O–H groups in total. The molecule has 0 radical (unpaired) electrons. The summed E-state index contributed by atoms with van der Waals surface area (Å²) in [5, 5.41) is 7.22. The van der Waals surface area contributed by atoms with E-state index < -0.39 is 24.7 Å². The van der Waals surface area contributed by atoms with E-state index >= 15 is 0 Å². The molecule has 0 amide bonds. The van der Waals surface area contributed by atoms with Crippen LogP contribution in [-0.2, 0) is 15.8 Å². The van der Waals surface area contributed by atoms with Crippen LogP contribution in [0.1, 0.15) is 16.2 Å². The number of carboxylic acid groups (broad SMARTS) is 1. The van der Waals surface area contributed by atoms with Crippen molar-refractivity contribution in [3.63, 3.8) is 0 Å². The number of alkyl halides is 1. The number of carbonyl (C=O) groups is 1. The molecule has 0 spiro atoms. The van der Waals surface area contributed by atoms with E-state index in [1.807, 2.05) is 0 Å². The number of benzene rings is 1. The quantitative estimate of drug-likeness (QED) is 0.476. The van der Waals surface area contributed by atoms with E-state index in [0.29, 0.717) is 5.56 Å². The van der Waals surface area contributed by atoms with Crippen molar-refractivity contribution < 1.29 is 24.3 Å². The Bertz CT molecular complexity index is 489. The van der Waals surface area contributed by atoms with Crippen molar-refractivity contribution in [2.24, 2.45) is 5.73 Å². The first-order chi connectivity index (χ1) is 8.23. The number of nitrogens with two attached hydrogens (primary N) is 1. The van der Waals surface area contributed by atoms with Crippen LogP contribution in [0.3, 0.4) is 0 Å². The second-order valence-corrected chi connectivity index (χ2v) is 6.21. The molecule has 6 nitrogen and oxygen atoms in total. The Kier molecular flexibility index (Phi) is 4.90. The normalized spacial score (nSPS) is 15.1. The molecule has 100 valence electrons. The van der Waals surface area contributed by atoms with Gasteiger partial charge in [0.2, 0.25) is 0 Å². The fourth-order valence-electron chi connectivity index (χ4n) is 1.46. The van der Waals surface area contributed by atoms with Gasteiger partial charge in [0.15, 0.2) is 5.12 Å². The Balaban J connectivity index is 3.07. The van der Waals surface area contributed by atoms with Crippen LogP contribution in [0.5, 0.6) is 0 Å². The molecule has 1 aromatic rings. The van der Waals surface area contributed by atoms with Gasteiger partial charge >= 0.3 is 13.6 Å². The third kappa shape index (κ3) is 3.80. The molecule has 18 heavy (non-hydrogen) atoms. The standard InChI is InChI=1S/C10H13ClNO5P/c11-9(18(15,16)17)7-4-2-1-3-6(7)5-8(12)10(13)14/h1-4,8-9H,5,12H2,(H,13,14)(H2,15,16,17). The predicted octanol–water partition coefficient (Wildman–Crippen LogP) is 1.06. The summed E-state index contributed by atoms with van der Waals surface area (Å²) in [7, 11) is -4.50. The van der Waals surface area contributed by atoms with E-state index in [1.165, 1.54) is 6.07 Å². The van der Waals surface area contributed by atoms with Crippen molar-refractivity contribution in [1.29, 1.82) is 0 Å². The fraction of sp³-hybridized carbons (Fsp3) is 0.300. The summed E-state index contributed by atoms with van der Waals surface area (Å²) in [6.07, 6.45) is -0.0469. The molecule has 0 aliphatic rings. The highest BCUT2D eigenvalue weighted by molar-refractivity contribution is 7.54. The lowest BCUT2D eigenvalue weighted by Crippen LogP contribution is -2.32. The van der Waals surface area contributed by atoms with E-state index in [0.717, 1.165) is 0 Å². The maximum absolute atomic E-state index is 11.1. The maximum atomic E-state index is 11.1. The first-order valence-corrected chi connectivity index (χ1v) is 7.10. The molecule has 0 fully saturated rings. The smallest absolute Gasteiger partial charge is 0.347 e. The summed E-state index contributed by atoms with van der Waals surface area (Å²) in [6.45, 7) is 0. The molecule has 2 unspecified atom stereocenters. The Morgan fingerprint density at radius 3 is 2.44 bits per heavy atom. The lowest BCUT2D eigenvalue weighted by atomic mass is 10.0. The van der Waals surface area contributed by atoms with E-state index in [1.54, 1.807) is 18.2 Å². The first-order valence-electron chi connectivity index (χ1n) is 4.99. The largest absolute Gasteiger partial charge is 0.480 e. The summed E-state index contributed by atoms with van der Waals surface area (Å²) in [5.41, 5.74) is 6.00.